The summed E-state index contributed by atoms with van der Waals surface area (Å²) in [5.41, 5.74) is 2.81. The molecule has 0 aromatic heterocycles. The van der Waals surface area contributed by atoms with Crippen LogP contribution in [0.3, 0.4) is 0 Å². The zero-order valence-electron chi connectivity index (χ0n) is 26.7. The molecule has 3 heterocycles. The highest BCUT2D eigenvalue weighted by Crippen LogP contribution is 2.67. The Morgan fingerprint density at radius 2 is 1.67 bits per heavy atom. The average Bonchev–Trinajstić information content (AvgIpc) is 3.71. The molecule has 2 aromatic carbocycles. The van der Waals surface area contributed by atoms with Gasteiger partial charge in [-0.3, -0.25) is 14.4 Å². The summed E-state index contributed by atoms with van der Waals surface area (Å²) in [6.07, 6.45) is 4.84. The Morgan fingerprint density at radius 3 is 2.27 bits per heavy atom. The van der Waals surface area contributed by atoms with Gasteiger partial charge in [-0.25, -0.2) is 0 Å². The van der Waals surface area contributed by atoms with Gasteiger partial charge < -0.3 is 24.7 Å². The first-order valence-corrected chi connectivity index (χ1v) is 17.0. The van der Waals surface area contributed by atoms with E-state index in [0.29, 0.717) is 19.5 Å². The van der Waals surface area contributed by atoms with Gasteiger partial charge >= 0.3 is 0 Å². The molecule has 240 valence electrons. The first-order chi connectivity index (χ1) is 21.8. The number of benzene rings is 2. The number of rotatable bonds is 14. The van der Waals surface area contributed by atoms with Gasteiger partial charge in [0.15, 0.2) is 0 Å². The van der Waals surface area contributed by atoms with Crippen LogP contribution in [0.25, 0.3) is 0 Å². The van der Waals surface area contributed by atoms with Gasteiger partial charge in [0.05, 0.1) is 29.2 Å². The molecular weight excluding hydrogens is 584 g/mol. The summed E-state index contributed by atoms with van der Waals surface area (Å²) in [6, 6.07) is 16.4. The Hall–Kier alpha value is -3.56. The van der Waals surface area contributed by atoms with E-state index in [1.54, 1.807) is 45.5 Å². The summed E-state index contributed by atoms with van der Waals surface area (Å²) in [5, 5.41) is 10.2. The van der Waals surface area contributed by atoms with Crippen molar-refractivity contribution >= 4 is 40.9 Å². The second-order valence-corrected chi connectivity index (χ2v) is 13.9. The first-order valence-electron chi connectivity index (χ1n) is 16.1. The Morgan fingerprint density at radius 1 is 1.02 bits per heavy atom. The zero-order valence-corrected chi connectivity index (χ0v) is 27.5. The van der Waals surface area contributed by atoms with Crippen molar-refractivity contribution in [3.8, 4) is 0 Å². The maximum absolute atomic E-state index is 14.8. The minimum absolute atomic E-state index is 0.0578. The van der Waals surface area contributed by atoms with Gasteiger partial charge in [0, 0.05) is 49.3 Å². The molecule has 0 radical (unpaired) electrons. The van der Waals surface area contributed by atoms with E-state index in [1.807, 2.05) is 54.6 Å². The van der Waals surface area contributed by atoms with Gasteiger partial charge in [-0.15, -0.1) is 24.9 Å². The first kappa shape index (κ1) is 32.8. The number of likely N-dealkylation sites (tertiary alicyclic amines) is 1. The fourth-order valence-electron chi connectivity index (χ4n) is 7.65. The summed E-state index contributed by atoms with van der Waals surface area (Å²) < 4.78 is -0.754. The van der Waals surface area contributed by atoms with Crippen LogP contribution in [0, 0.1) is 11.8 Å². The maximum Gasteiger partial charge on any atom is 0.251 e. The second kappa shape index (κ2) is 13.8. The predicted molar refractivity (Wildman–Crippen MR) is 182 cm³/mol. The number of anilines is 2. The number of amides is 3. The predicted octanol–water partition coefficient (Wildman–Crippen LogP) is 4.74. The molecule has 3 aliphatic heterocycles. The number of carbonyl (C=O) groups excluding carboxylic acids is 3. The van der Waals surface area contributed by atoms with Crippen LogP contribution >= 0.6 is 11.8 Å². The van der Waals surface area contributed by atoms with Gasteiger partial charge in [0.25, 0.3) is 5.91 Å². The lowest BCUT2D eigenvalue weighted by Gasteiger charge is -2.39. The lowest BCUT2D eigenvalue weighted by Crippen LogP contribution is -2.57. The standard InChI is InChI=1S/C36H46N4O4S/c1-6-21-38(23-26-13-11-10-12-14-26)33(42)30-29-19-20-36(45-29)31(30)34(43)40(25(5)24-41)32(36)35(44)39(22-7-2)28-17-15-27(16-18-28)37(8-3)9-4/h6-7,10-18,25,29-32,41H,1-2,8-9,19-24H2,3-5H3/t25-,29+,30-,31+,32?,36?/m1/s1. The smallest absolute Gasteiger partial charge is 0.251 e. The van der Waals surface area contributed by atoms with E-state index in [2.05, 4.69) is 31.9 Å². The van der Waals surface area contributed by atoms with Crippen LogP contribution < -0.4 is 9.80 Å². The van der Waals surface area contributed by atoms with Crippen LogP contribution in [0.5, 0.6) is 0 Å². The minimum atomic E-state index is -0.811. The van der Waals surface area contributed by atoms with Crippen molar-refractivity contribution in [1.82, 2.24) is 9.80 Å². The average molecular weight is 631 g/mol. The molecule has 2 bridgehead atoms. The van der Waals surface area contributed by atoms with E-state index in [4.69, 9.17) is 0 Å². The molecule has 45 heavy (non-hydrogen) atoms. The Labute approximate surface area is 271 Å². The van der Waals surface area contributed by atoms with Crippen LogP contribution in [-0.2, 0) is 20.9 Å². The molecule has 2 aromatic rings. The quantitative estimate of drug-likeness (QED) is 0.304. The van der Waals surface area contributed by atoms with E-state index in [1.165, 1.54) is 0 Å². The zero-order chi connectivity index (χ0) is 32.3. The van der Waals surface area contributed by atoms with Gasteiger partial charge in [-0.1, -0.05) is 42.5 Å². The van der Waals surface area contributed by atoms with Crippen LogP contribution in [0.2, 0.25) is 0 Å². The Kier molecular flexibility index (Phi) is 10.1. The summed E-state index contributed by atoms with van der Waals surface area (Å²) in [7, 11) is 0. The van der Waals surface area contributed by atoms with Crippen LogP contribution in [0.1, 0.15) is 39.2 Å². The SMILES string of the molecule is C=CCN(Cc1ccccc1)C(=O)[C@@H]1[C@@H]2CCC3(S2)C(C(=O)N(CC=C)c2ccc(N(CC)CC)cc2)N([C@H](C)CO)C(=O)[C@H]13. The fraction of sp³-hybridized carbons (Fsp3) is 0.472. The number of hydrogen-bond acceptors (Lipinski definition) is 6. The van der Waals surface area contributed by atoms with Gasteiger partial charge in [-0.2, -0.15) is 0 Å². The van der Waals surface area contributed by atoms with E-state index >= 15 is 0 Å². The number of fused-ring (bicyclic) bond motifs is 1. The van der Waals surface area contributed by atoms with Crippen molar-refractivity contribution < 1.29 is 19.5 Å². The van der Waals surface area contributed by atoms with Crippen LogP contribution in [0.4, 0.5) is 11.4 Å². The number of hydrogen-bond donors (Lipinski definition) is 1. The number of nitrogens with zero attached hydrogens (tertiary/aromatic N) is 4. The highest BCUT2D eigenvalue weighted by molar-refractivity contribution is 8.02. The van der Waals surface area contributed by atoms with Crippen LogP contribution in [-0.4, -0.2) is 87.5 Å². The molecule has 2 unspecified atom stereocenters. The molecule has 1 spiro atoms. The number of aliphatic hydroxyl groups excluding tert-OH is 1. The molecule has 3 aliphatic rings. The van der Waals surface area contributed by atoms with E-state index in [-0.39, 0.29) is 36.1 Å². The highest BCUT2D eigenvalue weighted by atomic mass is 32.2. The van der Waals surface area contributed by atoms with Crippen LogP contribution in [0.15, 0.2) is 79.9 Å². The molecule has 5 rings (SSSR count). The summed E-state index contributed by atoms with van der Waals surface area (Å²) >= 11 is 1.65. The molecule has 3 amide bonds. The lowest BCUT2D eigenvalue weighted by molar-refractivity contribution is -0.145. The molecule has 6 atom stereocenters. The number of aliphatic hydroxyl groups is 1. The topological polar surface area (TPSA) is 84.4 Å². The largest absolute Gasteiger partial charge is 0.394 e. The lowest BCUT2D eigenvalue weighted by atomic mass is 9.70. The van der Waals surface area contributed by atoms with Crippen molar-refractivity contribution in [2.45, 2.75) is 62.2 Å². The monoisotopic (exact) mass is 630 g/mol. The third kappa shape index (κ3) is 5.81. The summed E-state index contributed by atoms with van der Waals surface area (Å²) in [4.78, 5) is 50.9. The minimum Gasteiger partial charge on any atom is -0.394 e. The Bertz CT molecular complexity index is 1400. The van der Waals surface area contributed by atoms with Gasteiger partial charge in [-0.05, 0) is 63.4 Å². The molecule has 3 fully saturated rings. The van der Waals surface area contributed by atoms with Crippen molar-refractivity contribution in [2.75, 3.05) is 42.6 Å². The molecule has 1 N–H and O–H groups in total. The molecule has 3 saturated heterocycles. The molecule has 0 aliphatic carbocycles. The molecule has 9 heteroatoms. The van der Waals surface area contributed by atoms with E-state index in [0.717, 1.165) is 36.4 Å². The number of thioether (sulfide) groups is 1. The van der Waals surface area contributed by atoms with Crippen molar-refractivity contribution in [2.24, 2.45) is 11.8 Å². The fourth-order valence-corrected chi connectivity index (χ4v) is 9.84. The van der Waals surface area contributed by atoms with E-state index < -0.39 is 28.7 Å². The highest BCUT2D eigenvalue weighted by Gasteiger charge is 2.74. The summed E-state index contributed by atoms with van der Waals surface area (Å²) in [5.74, 6) is -1.68. The third-order valence-electron chi connectivity index (χ3n) is 9.74. The summed E-state index contributed by atoms with van der Waals surface area (Å²) in [6.45, 7) is 16.3. The van der Waals surface area contributed by atoms with Gasteiger partial charge in [0.1, 0.15) is 6.04 Å². The molecular formula is C36H46N4O4S. The van der Waals surface area contributed by atoms with Crippen molar-refractivity contribution in [1.29, 1.82) is 0 Å². The molecule has 0 saturated carbocycles. The number of carbonyl (C=O) groups is 3. The Balaban J connectivity index is 1.51. The van der Waals surface area contributed by atoms with Gasteiger partial charge in [0.2, 0.25) is 11.8 Å². The molecule has 8 nitrogen and oxygen atoms in total. The third-order valence-corrected chi connectivity index (χ3v) is 11.7. The second-order valence-electron chi connectivity index (χ2n) is 12.3. The normalized spacial score (nSPS) is 25.5. The maximum atomic E-state index is 14.8. The van der Waals surface area contributed by atoms with Crippen molar-refractivity contribution in [3.63, 3.8) is 0 Å². The van der Waals surface area contributed by atoms with Crippen molar-refractivity contribution in [3.05, 3.63) is 85.5 Å². The van der Waals surface area contributed by atoms with E-state index in [9.17, 15) is 19.5 Å².